The molecule has 85 valence electrons. The fraction of sp³-hybridized carbons (Fsp3) is 0.133. The van der Waals surface area contributed by atoms with E-state index in [0.717, 1.165) is 16.7 Å². The van der Waals surface area contributed by atoms with E-state index in [-0.39, 0.29) is 5.91 Å². The van der Waals surface area contributed by atoms with E-state index in [4.69, 9.17) is 0 Å². The van der Waals surface area contributed by atoms with Gasteiger partial charge in [0.05, 0.1) is 0 Å². The fourth-order valence-electron chi connectivity index (χ4n) is 1.67. The maximum atomic E-state index is 10.9. The lowest BCUT2D eigenvalue weighted by molar-refractivity contribution is -0.119. The number of carbonyl (C=O) groups is 1. The van der Waals surface area contributed by atoms with Crippen LogP contribution in [0.25, 0.3) is 11.1 Å². The Morgan fingerprint density at radius 2 is 1.94 bits per heavy atom. The monoisotopic (exact) mass is 224 g/mol. The zero-order valence-electron chi connectivity index (χ0n) is 9.73. The smallest absolute Gasteiger partial charge is 0.217 e. The highest BCUT2D eigenvalue weighted by Crippen LogP contribution is 2.19. The molecule has 17 heavy (non-hydrogen) atoms. The second-order valence-corrected chi connectivity index (χ2v) is 3.90. The summed E-state index contributed by atoms with van der Waals surface area (Å²) in [6, 6.07) is 19.0. The molecule has 0 atom stereocenters. The number of amides is 1. The first-order valence-corrected chi connectivity index (χ1v) is 5.55. The van der Waals surface area contributed by atoms with E-state index in [1.54, 1.807) is 0 Å². The molecule has 0 fully saturated rings. The van der Waals surface area contributed by atoms with E-state index in [1.165, 1.54) is 6.92 Å². The normalized spacial score (nSPS) is 9.94. The van der Waals surface area contributed by atoms with Gasteiger partial charge in [-0.05, 0) is 28.8 Å². The second kappa shape index (κ2) is 5.30. The average molecular weight is 224 g/mol. The summed E-state index contributed by atoms with van der Waals surface area (Å²) in [5.74, 6) is -0.00952. The molecule has 0 aromatic heterocycles. The molecule has 0 aliphatic heterocycles. The summed E-state index contributed by atoms with van der Waals surface area (Å²) < 4.78 is 0. The third-order valence-electron chi connectivity index (χ3n) is 2.52. The van der Waals surface area contributed by atoms with E-state index < -0.39 is 0 Å². The first-order valence-electron chi connectivity index (χ1n) is 5.55. The molecular formula is C15H14NO. The summed E-state index contributed by atoms with van der Waals surface area (Å²) in [7, 11) is 0. The Hall–Kier alpha value is -2.09. The molecule has 0 aliphatic carbocycles. The van der Waals surface area contributed by atoms with Crippen LogP contribution in [0.2, 0.25) is 0 Å². The van der Waals surface area contributed by atoms with E-state index >= 15 is 0 Å². The van der Waals surface area contributed by atoms with Crippen molar-refractivity contribution in [2.24, 2.45) is 0 Å². The van der Waals surface area contributed by atoms with Gasteiger partial charge in [-0.1, -0.05) is 42.5 Å². The lowest BCUT2D eigenvalue weighted by Crippen LogP contribution is -2.18. The molecule has 2 rings (SSSR count). The Kier molecular flexibility index (Phi) is 3.55. The van der Waals surface area contributed by atoms with Gasteiger partial charge in [0.25, 0.3) is 0 Å². The van der Waals surface area contributed by atoms with Crippen LogP contribution in [-0.2, 0) is 11.3 Å². The molecule has 2 nitrogen and oxygen atoms in total. The number of carbonyl (C=O) groups excluding carboxylic acids is 1. The van der Waals surface area contributed by atoms with Crippen molar-refractivity contribution in [1.29, 1.82) is 0 Å². The highest BCUT2D eigenvalue weighted by atomic mass is 16.1. The Labute approximate surface area is 101 Å². The summed E-state index contributed by atoms with van der Waals surface area (Å²) in [6.45, 7) is 2.10. The van der Waals surface area contributed by atoms with Gasteiger partial charge in [0, 0.05) is 13.5 Å². The molecule has 0 spiro atoms. The first-order chi connectivity index (χ1) is 8.25. The highest BCUT2D eigenvalue weighted by Gasteiger charge is 1.99. The van der Waals surface area contributed by atoms with Crippen LogP contribution in [0.15, 0.2) is 48.5 Å². The molecule has 0 aliphatic rings. The third-order valence-corrected chi connectivity index (χ3v) is 2.52. The van der Waals surface area contributed by atoms with Gasteiger partial charge in [0.2, 0.25) is 5.91 Å². The van der Waals surface area contributed by atoms with Crippen molar-refractivity contribution in [2.75, 3.05) is 0 Å². The van der Waals surface area contributed by atoms with E-state index in [9.17, 15) is 4.79 Å². The second-order valence-electron chi connectivity index (χ2n) is 3.90. The zero-order chi connectivity index (χ0) is 12.1. The van der Waals surface area contributed by atoms with Gasteiger partial charge in [-0.15, -0.1) is 0 Å². The van der Waals surface area contributed by atoms with Crippen LogP contribution in [0.5, 0.6) is 0 Å². The van der Waals surface area contributed by atoms with Gasteiger partial charge in [-0.25, -0.2) is 0 Å². The van der Waals surface area contributed by atoms with Crippen LogP contribution in [0.1, 0.15) is 12.5 Å². The molecule has 0 saturated carbocycles. The summed E-state index contributed by atoms with van der Waals surface area (Å²) in [5.41, 5.74) is 3.42. The lowest BCUT2D eigenvalue weighted by atomic mass is 10.0. The number of nitrogens with one attached hydrogen (secondary N) is 1. The van der Waals surface area contributed by atoms with Crippen molar-refractivity contribution in [2.45, 2.75) is 13.5 Å². The molecule has 0 bridgehead atoms. The summed E-state index contributed by atoms with van der Waals surface area (Å²) in [6.07, 6.45) is 0. The van der Waals surface area contributed by atoms with E-state index in [0.29, 0.717) is 6.54 Å². The Bertz CT molecular complexity index is 505. The van der Waals surface area contributed by atoms with Crippen LogP contribution in [0.4, 0.5) is 0 Å². The van der Waals surface area contributed by atoms with Crippen LogP contribution >= 0.6 is 0 Å². The highest BCUT2D eigenvalue weighted by molar-refractivity contribution is 5.73. The number of rotatable bonds is 3. The topological polar surface area (TPSA) is 29.1 Å². The predicted octanol–water partition coefficient (Wildman–Crippen LogP) is 2.79. The van der Waals surface area contributed by atoms with Gasteiger partial charge in [0.15, 0.2) is 0 Å². The molecule has 0 heterocycles. The van der Waals surface area contributed by atoms with E-state index in [1.807, 2.05) is 36.4 Å². The Morgan fingerprint density at radius 1 is 1.18 bits per heavy atom. The molecule has 1 N–H and O–H groups in total. The van der Waals surface area contributed by atoms with Crippen molar-refractivity contribution in [3.05, 3.63) is 60.2 Å². The molecule has 2 aromatic carbocycles. The molecular weight excluding hydrogens is 210 g/mol. The Morgan fingerprint density at radius 3 is 2.65 bits per heavy atom. The molecule has 0 saturated heterocycles. The third kappa shape index (κ3) is 3.18. The van der Waals surface area contributed by atoms with Crippen molar-refractivity contribution < 1.29 is 4.79 Å². The quantitative estimate of drug-likeness (QED) is 0.853. The fourth-order valence-corrected chi connectivity index (χ4v) is 1.67. The maximum absolute atomic E-state index is 10.9. The van der Waals surface area contributed by atoms with Gasteiger partial charge >= 0.3 is 0 Å². The first kappa shape index (κ1) is 11.4. The molecule has 2 heteroatoms. The van der Waals surface area contributed by atoms with Crippen LogP contribution in [0, 0.1) is 6.07 Å². The molecule has 2 aromatic rings. The van der Waals surface area contributed by atoms with Crippen molar-refractivity contribution in [3.63, 3.8) is 0 Å². The van der Waals surface area contributed by atoms with Crippen LogP contribution in [-0.4, -0.2) is 5.91 Å². The van der Waals surface area contributed by atoms with Gasteiger partial charge in [-0.2, -0.15) is 0 Å². The van der Waals surface area contributed by atoms with Gasteiger partial charge in [-0.3, -0.25) is 4.79 Å². The van der Waals surface area contributed by atoms with Crippen molar-refractivity contribution >= 4 is 5.91 Å². The van der Waals surface area contributed by atoms with Gasteiger partial charge < -0.3 is 5.32 Å². The number of hydrogen-bond donors (Lipinski definition) is 1. The average Bonchev–Trinajstić information content (AvgIpc) is 2.38. The van der Waals surface area contributed by atoms with Crippen molar-refractivity contribution in [3.8, 4) is 11.1 Å². The molecule has 1 amide bonds. The minimum Gasteiger partial charge on any atom is -0.352 e. The summed E-state index contributed by atoms with van der Waals surface area (Å²) >= 11 is 0. The number of hydrogen-bond acceptors (Lipinski definition) is 1. The van der Waals surface area contributed by atoms with Crippen molar-refractivity contribution in [1.82, 2.24) is 5.32 Å². The molecule has 0 unspecified atom stereocenters. The number of benzene rings is 2. The SMILES string of the molecule is CC(=O)NCc1cccc(-c2cc[c]cc2)c1. The largest absolute Gasteiger partial charge is 0.352 e. The van der Waals surface area contributed by atoms with Crippen LogP contribution < -0.4 is 5.32 Å². The zero-order valence-corrected chi connectivity index (χ0v) is 9.73. The maximum Gasteiger partial charge on any atom is 0.217 e. The minimum atomic E-state index is -0.00952. The summed E-state index contributed by atoms with van der Waals surface area (Å²) in [5, 5.41) is 2.80. The van der Waals surface area contributed by atoms with Gasteiger partial charge in [0.1, 0.15) is 0 Å². The minimum absolute atomic E-state index is 0.00952. The molecule has 1 radical (unpaired) electrons. The summed E-state index contributed by atoms with van der Waals surface area (Å²) in [4.78, 5) is 10.9. The van der Waals surface area contributed by atoms with Crippen LogP contribution in [0.3, 0.4) is 0 Å². The standard InChI is InChI=1S/C15H14NO/c1-12(17)16-11-13-6-5-9-15(10-13)14-7-3-2-4-8-14/h3-10H,11H2,1H3,(H,16,17). The van der Waals surface area contributed by atoms with E-state index in [2.05, 4.69) is 23.5 Å². The predicted molar refractivity (Wildman–Crippen MR) is 68.2 cm³/mol. The Balaban J connectivity index is 2.20. The lowest BCUT2D eigenvalue weighted by Gasteiger charge is -2.06.